The fourth-order valence-electron chi connectivity index (χ4n) is 4.85. The molecule has 3 aliphatic rings. The molecule has 0 saturated heterocycles. The Hall–Kier alpha value is -0.0400. The molecule has 1 heteroatoms. The maximum absolute atomic E-state index is 10.6. The fourth-order valence-corrected chi connectivity index (χ4v) is 4.85. The van der Waals surface area contributed by atoms with Gasteiger partial charge < -0.3 is 5.11 Å². The van der Waals surface area contributed by atoms with E-state index in [1.165, 1.54) is 25.7 Å². The van der Waals surface area contributed by atoms with Crippen LogP contribution in [0.1, 0.15) is 52.4 Å². The van der Waals surface area contributed by atoms with E-state index >= 15 is 0 Å². The lowest BCUT2D eigenvalue weighted by atomic mass is 9.57. The molecule has 1 N–H and O–H groups in total. The van der Waals surface area contributed by atoms with Crippen LogP contribution in [0.3, 0.4) is 0 Å². The SMILES string of the molecule is C[C@@]12CC[C@H]3C[C@]1(O)CCC[C@]32C. The smallest absolute Gasteiger partial charge is 0.0709 e. The molecule has 0 aromatic rings. The Bertz CT molecular complexity index is 262. The Kier molecular flexibility index (Phi) is 1.26. The highest BCUT2D eigenvalue weighted by Gasteiger charge is 2.71. The van der Waals surface area contributed by atoms with E-state index in [9.17, 15) is 5.11 Å². The molecular formula is C12H20O. The molecule has 0 aromatic heterocycles. The van der Waals surface area contributed by atoms with Gasteiger partial charge in [-0.1, -0.05) is 13.8 Å². The predicted molar refractivity (Wildman–Crippen MR) is 52.4 cm³/mol. The summed E-state index contributed by atoms with van der Waals surface area (Å²) in [7, 11) is 0. The van der Waals surface area contributed by atoms with Crippen LogP contribution in [0, 0.1) is 16.7 Å². The van der Waals surface area contributed by atoms with Gasteiger partial charge in [0.15, 0.2) is 0 Å². The zero-order valence-corrected chi connectivity index (χ0v) is 8.77. The summed E-state index contributed by atoms with van der Waals surface area (Å²) in [5.74, 6) is 0.824. The molecule has 0 unspecified atom stereocenters. The van der Waals surface area contributed by atoms with Crippen LogP contribution in [0.4, 0.5) is 0 Å². The summed E-state index contributed by atoms with van der Waals surface area (Å²) in [6.45, 7) is 4.78. The van der Waals surface area contributed by atoms with Crippen LogP contribution in [0.5, 0.6) is 0 Å². The maximum atomic E-state index is 10.6. The fraction of sp³-hybridized carbons (Fsp3) is 1.00. The quantitative estimate of drug-likeness (QED) is 0.607. The van der Waals surface area contributed by atoms with Gasteiger partial charge in [-0.05, 0) is 49.9 Å². The van der Waals surface area contributed by atoms with Gasteiger partial charge >= 0.3 is 0 Å². The average molecular weight is 180 g/mol. The lowest BCUT2D eigenvalue weighted by molar-refractivity contribution is -0.121. The molecule has 0 radical (unpaired) electrons. The van der Waals surface area contributed by atoms with Crippen molar-refractivity contribution < 1.29 is 5.11 Å². The minimum atomic E-state index is -0.289. The third-order valence-corrected chi connectivity index (χ3v) is 6.05. The summed E-state index contributed by atoms with van der Waals surface area (Å²) in [5, 5.41) is 10.6. The van der Waals surface area contributed by atoms with Crippen molar-refractivity contribution in [2.75, 3.05) is 0 Å². The number of rotatable bonds is 0. The van der Waals surface area contributed by atoms with E-state index in [1.807, 2.05) is 0 Å². The number of hydrogen-bond acceptors (Lipinski definition) is 1. The van der Waals surface area contributed by atoms with Crippen LogP contribution >= 0.6 is 0 Å². The van der Waals surface area contributed by atoms with E-state index in [0.717, 1.165) is 18.8 Å². The number of hydrogen-bond donors (Lipinski definition) is 1. The van der Waals surface area contributed by atoms with Gasteiger partial charge in [0.1, 0.15) is 0 Å². The van der Waals surface area contributed by atoms with Gasteiger partial charge in [0.25, 0.3) is 0 Å². The molecular weight excluding hydrogens is 160 g/mol. The second-order valence-electron chi connectivity index (χ2n) is 6.07. The van der Waals surface area contributed by atoms with E-state index in [1.54, 1.807) is 0 Å². The Morgan fingerprint density at radius 3 is 2.54 bits per heavy atom. The zero-order chi connectivity index (χ0) is 9.32. The normalized spacial score (nSPS) is 64.4. The van der Waals surface area contributed by atoms with Crippen molar-refractivity contribution in [3.63, 3.8) is 0 Å². The van der Waals surface area contributed by atoms with Crippen LogP contribution in [0.2, 0.25) is 0 Å². The molecule has 1 nitrogen and oxygen atoms in total. The van der Waals surface area contributed by atoms with Crippen molar-refractivity contribution in [3.8, 4) is 0 Å². The molecule has 3 fully saturated rings. The molecule has 13 heavy (non-hydrogen) atoms. The summed E-state index contributed by atoms with van der Waals surface area (Å²) in [5.41, 5.74) is 0.436. The maximum Gasteiger partial charge on any atom is 0.0709 e. The van der Waals surface area contributed by atoms with Crippen molar-refractivity contribution in [1.29, 1.82) is 0 Å². The highest BCUT2D eigenvalue weighted by atomic mass is 16.3. The monoisotopic (exact) mass is 180 g/mol. The molecule has 0 amide bonds. The first-order chi connectivity index (χ1) is 6.02. The van der Waals surface area contributed by atoms with E-state index in [0.29, 0.717) is 5.41 Å². The first-order valence-electron chi connectivity index (χ1n) is 5.74. The van der Waals surface area contributed by atoms with Crippen molar-refractivity contribution in [2.24, 2.45) is 16.7 Å². The molecule has 0 aromatic carbocycles. The standard InChI is InChI=1S/C12H20O/c1-10-5-3-6-12(13)8-9(10)4-7-11(10,12)2/h9,13H,3-8H2,1-2H3/t9-,10+,11-,12+/m0/s1. The average Bonchev–Trinajstić information content (AvgIpc) is 2.35. The van der Waals surface area contributed by atoms with Gasteiger partial charge in [0, 0.05) is 5.41 Å². The highest BCUT2D eigenvalue weighted by molar-refractivity contribution is 5.21. The van der Waals surface area contributed by atoms with Crippen molar-refractivity contribution >= 4 is 0 Å². The molecule has 0 spiro atoms. The van der Waals surface area contributed by atoms with E-state index in [2.05, 4.69) is 13.8 Å². The summed E-state index contributed by atoms with van der Waals surface area (Å²) >= 11 is 0. The molecule has 0 heterocycles. The third kappa shape index (κ3) is 0.643. The Labute approximate surface area is 80.5 Å². The summed E-state index contributed by atoms with van der Waals surface area (Å²) < 4.78 is 0. The zero-order valence-electron chi connectivity index (χ0n) is 8.77. The van der Waals surface area contributed by atoms with Crippen LogP contribution < -0.4 is 0 Å². The van der Waals surface area contributed by atoms with Crippen LogP contribution in [-0.2, 0) is 0 Å². The largest absolute Gasteiger partial charge is 0.389 e. The number of aliphatic hydroxyl groups is 1. The van der Waals surface area contributed by atoms with Gasteiger partial charge in [-0.2, -0.15) is 0 Å². The van der Waals surface area contributed by atoms with Gasteiger partial charge in [-0.25, -0.2) is 0 Å². The first-order valence-corrected chi connectivity index (χ1v) is 5.74. The van der Waals surface area contributed by atoms with E-state index in [4.69, 9.17) is 0 Å². The molecule has 4 atom stereocenters. The minimum Gasteiger partial charge on any atom is -0.389 e. The summed E-state index contributed by atoms with van der Waals surface area (Å²) in [6, 6.07) is 0. The third-order valence-electron chi connectivity index (χ3n) is 6.05. The Morgan fingerprint density at radius 1 is 1.15 bits per heavy atom. The van der Waals surface area contributed by atoms with Gasteiger partial charge in [0.05, 0.1) is 5.60 Å². The lowest BCUT2D eigenvalue weighted by Crippen LogP contribution is -2.50. The lowest BCUT2D eigenvalue weighted by Gasteiger charge is -2.50. The minimum absolute atomic E-state index is 0.253. The van der Waals surface area contributed by atoms with Gasteiger partial charge in [-0.3, -0.25) is 0 Å². The Balaban J connectivity index is 2.16. The first kappa shape index (κ1) is 8.28. The molecule has 74 valence electrons. The topological polar surface area (TPSA) is 20.2 Å². The highest BCUT2D eigenvalue weighted by Crippen LogP contribution is 2.74. The second-order valence-corrected chi connectivity index (χ2v) is 6.07. The molecule has 3 saturated carbocycles. The van der Waals surface area contributed by atoms with Crippen LogP contribution in [0.15, 0.2) is 0 Å². The second kappa shape index (κ2) is 1.98. The van der Waals surface area contributed by atoms with Gasteiger partial charge in [-0.15, -0.1) is 0 Å². The van der Waals surface area contributed by atoms with Crippen molar-refractivity contribution in [1.82, 2.24) is 0 Å². The summed E-state index contributed by atoms with van der Waals surface area (Å²) in [4.78, 5) is 0. The summed E-state index contributed by atoms with van der Waals surface area (Å²) in [6.07, 6.45) is 7.41. The molecule has 4 bridgehead atoms. The predicted octanol–water partition coefficient (Wildman–Crippen LogP) is 2.73. The molecule has 3 aliphatic carbocycles. The van der Waals surface area contributed by atoms with Crippen LogP contribution in [0.25, 0.3) is 0 Å². The van der Waals surface area contributed by atoms with Crippen molar-refractivity contribution in [2.45, 2.75) is 58.0 Å². The van der Waals surface area contributed by atoms with E-state index < -0.39 is 0 Å². The van der Waals surface area contributed by atoms with Crippen molar-refractivity contribution in [3.05, 3.63) is 0 Å². The molecule has 0 aliphatic heterocycles. The van der Waals surface area contributed by atoms with E-state index in [-0.39, 0.29) is 11.0 Å². The Morgan fingerprint density at radius 2 is 1.92 bits per heavy atom. The van der Waals surface area contributed by atoms with Gasteiger partial charge in [0.2, 0.25) is 0 Å². The molecule has 3 rings (SSSR count). The van der Waals surface area contributed by atoms with Crippen LogP contribution in [-0.4, -0.2) is 10.7 Å².